The van der Waals surface area contributed by atoms with E-state index >= 15 is 0 Å². The van der Waals surface area contributed by atoms with Gasteiger partial charge in [0.25, 0.3) is 0 Å². The molecule has 0 aliphatic carbocycles. The quantitative estimate of drug-likeness (QED) is 0.488. The molecule has 0 saturated heterocycles. The van der Waals surface area contributed by atoms with Crippen LogP contribution in [0, 0.1) is 11.3 Å². The molecule has 0 atom stereocenters. The highest BCUT2D eigenvalue weighted by Gasteiger charge is 2.04. The number of hydrogen-bond donors (Lipinski definition) is 1. The number of hydrogen-bond acceptors (Lipinski definition) is 5. The van der Waals surface area contributed by atoms with Gasteiger partial charge < -0.3 is 9.30 Å². The third kappa shape index (κ3) is 4.88. The van der Waals surface area contributed by atoms with Crippen LogP contribution in [0.5, 0.6) is 5.75 Å². The summed E-state index contributed by atoms with van der Waals surface area (Å²) in [5.74, 6) is 0.862. The van der Waals surface area contributed by atoms with Crippen LogP contribution in [-0.2, 0) is 13.0 Å². The molecule has 1 heterocycles. The molecule has 0 fully saturated rings. The minimum absolute atomic E-state index is 0.680. The lowest BCUT2D eigenvalue weighted by Crippen LogP contribution is -2.12. The Bertz CT molecular complexity index is 866. The van der Waals surface area contributed by atoms with Gasteiger partial charge in [0.2, 0.25) is 0 Å². The Labute approximate surface area is 157 Å². The maximum Gasteiger partial charge on any atom is 0.118 e. The fourth-order valence-corrected chi connectivity index (χ4v) is 3.18. The Kier molecular flexibility index (Phi) is 6.31. The summed E-state index contributed by atoms with van der Waals surface area (Å²) in [6, 6.07) is 17.8. The summed E-state index contributed by atoms with van der Waals surface area (Å²) in [5.41, 5.74) is 3.01. The summed E-state index contributed by atoms with van der Waals surface area (Å²) in [4.78, 5) is 5.42. The lowest BCUT2D eigenvalue weighted by Gasteiger charge is -2.09. The molecule has 0 unspecified atom stereocenters. The molecule has 1 N–H and O–H groups in total. The summed E-state index contributed by atoms with van der Waals surface area (Å²) in [7, 11) is 1.67. The van der Waals surface area contributed by atoms with Crippen molar-refractivity contribution in [2.75, 3.05) is 13.7 Å². The Morgan fingerprint density at radius 3 is 2.62 bits per heavy atom. The molecule has 0 bridgehead atoms. The topological polar surface area (TPSA) is 62.9 Å². The fraction of sp³-hybridized carbons (Fsp3) is 0.200. The van der Waals surface area contributed by atoms with Gasteiger partial charge in [-0.2, -0.15) is 5.26 Å². The van der Waals surface area contributed by atoms with E-state index in [-0.39, 0.29) is 0 Å². The second kappa shape index (κ2) is 9.09. The first-order valence-electron chi connectivity index (χ1n) is 8.30. The maximum atomic E-state index is 8.88. The van der Waals surface area contributed by atoms with Gasteiger partial charge in [-0.3, -0.25) is 4.72 Å². The molecule has 3 aromatic rings. The van der Waals surface area contributed by atoms with Crippen molar-refractivity contribution < 1.29 is 4.74 Å². The van der Waals surface area contributed by atoms with Crippen molar-refractivity contribution in [2.45, 2.75) is 17.9 Å². The Balaban J connectivity index is 1.49. The minimum atomic E-state index is 0.680. The molecular weight excluding hydrogens is 344 g/mol. The van der Waals surface area contributed by atoms with Gasteiger partial charge in [0.05, 0.1) is 25.1 Å². The van der Waals surface area contributed by atoms with E-state index < -0.39 is 0 Å². The van der Waals surface area contributed by atoms with Gasteiger partial charge in [0.15, 0.2) is 0 Å². The number of rotatable bonds is 8. The molecule has 3 rings (SSSR count). The van der Waals surface area contributed by atoms with Crippen molar-refractivity contribution in [3.05, 3.63) is 77.9 Å². The molecule has 0 amide bonds. The van der Waals surface area contributed by atoms with Gasteiger partial charge in [0.1, 0.15) is 5.75 Å². The zero-order valence-electron chi connectivity index (χ0n) is 14.6. The summed E-state index contributed by atoms with van der Waals surface area (Å²) in [5, 5.41) is 8.88. The first-order valence-corrected chi connectivity index (χ1v) is 9.12. The molecule has 2 aromatic carbocycles. The minimum Gasteiger partial charge on any atom is -0.497 e. The monoisotopic (exact) mass is 364 g/mol. The van der Waals surface area contributed by atoms with Crippen molar-refractivity contribution >= 4 is 11.9 Å². The lowest BCUT2D eigenvalue weighted by atomic mass is 10.1. The van der Waals surface area contributed by atoms with E-state index in [4.69, 9.17) is 10.00 Å². The average Bonchev–Trinajstić information content (AvgIpc) is 3.13. The van der Waals surface area contributed by atoms with Gasteiger partial charge in [-0.1, -0.05) is 12.1 Å². The van der Waals surface area contributed by atoms with Crippen LogP contribution >= 0.6 is 11.9 Å². The number of nitrogens with zero attached hydrogens (tertiary/aromatic N) is 3. The van der Waals surface area contributed by atoms with Gasteiger partial charge in [-0.25, -0.2) is 4.98 Å². The first kappa shape index (κ1) is 18.1. The maximum absolute atomic E-state index is 8.88. The normalized spacial score (nSPS) is 10.5. The lowest BCUT2D eigenvalue weighted by molar-refractivity contribution is 0.414. The number of aromatic nitrogens is 2. The van der Waals surface area contributed by atoms with Crippen molar-refractivity contribution in [3.63, 3.8) is 0 Å². The van der Waals surface area contributed by atoms with E-state index in [9.17, 15) is 0 Å². The number of imidazole rings is 1. The standard InChI is InChI=1S/C20H20N4OS/c1-25-19-6-8-20(9-7-19)26-23-11-10-18-13-22-15-24(18)14-17-4-2-16(12-21)3-5-17/h2-9,13,15,23H,10-11,14H2,1H3. The first-order chi connectivity index (χ1) is 12.8. The number of nitriles is 1. The summed E-state index contributed by atoms with van der Waals surface area (Å²) in [6.45, 7) is 1.60. The van der Waals surface area contributed by atoms with E-state index in [0.717, 1.165) is 35.7 Å². The van der Waals surface area contributed by atoms with Crippen molar-refractivity contribution in [3.8, 4) is 11.8 Å². The molecule has 0 radical (unpaired) electrons. The molecule has 26 heavy (non-hydrogen) atoms. The van der Waals surface area contributed by atoms with E-state index in [1.165, 1.54) is 5.69 Å². The highest BCUT2D eigenvalue weighted by atomic mass is 32.2. The van der Waals surface area contributed by atoms with Crippen LogP contribution in [0.3, 0.4) is 0 Å². The van der Waals surface area contributed by atoms with Crippen LogP contribution in [0.25, 0.3) is 0 Å². The number of methoxy groups -OCH3 is 1. The second-order valence-electron chi connectivity index (χ2n) is 5.74. The number of ether oxygens (including phenoxy) is 1. The van der Waals surface area contributed by atoms with E-state index in [1.54, 1.807) is 19.1 Å². The molecule has 0 aliphatic rings. The highest BCUT2D eigenvalue weighted by Crippen LogP contribution is 2.18. The highest BCUT2D eigenvalue weighted by molar-refractivity contribution is 7.97. The van der Waals surface area contributed by atoms with E-state index in [2.05, 4.69) is 20.3 Å². The molecule has 0 saturated carbocycles. The van der Waals surface area contributed by atoms with Gasteiger partial charge in [-0.15, -0.1) is 0 Å². The fourth-order valence-electron chi connectivity index (χ4n) is 2.54. The van der Waals surface area contributed by atoms with Crippen molar-refractivity contribution in [2.24, 2.45) is 0 Å². The molecule has 1 aromatic heterocycles. The predicted octanol–water partition coefficient (Wildman–Crippen LogP) is 3.65. The SMILES string of the molecule is COc1ccc(SNCCc2cncn2Cc2ccc(C#N)cc2)cc1. The van der Waals surface area contributed by atoms with E-state index in [1.807, 2.05) is 61.1 Å². The Morgan fingerprint density at radius 1 is 1.15 bits per heavy atom. The largest absolute Gasteiger partial charge is 0.497 e. The predicted molar refractivity (Wildman–Crippen MR) is 103 cm³/mol. The summed E-state index contributed by atoms with van der Waals surface area (Å²) in [6.07, 6.45) is 4.65. The van der Waals surface area contributed by atoms with Crippen LogP contribution in [-0.4, -0.2) is 23.2 Å². The second-order valence-corrected chi connectivity index (χ2v) is 6.71. The number of nitrogens with one attached hydrogen (secondary N) is 1. The van der Waals surface area contributed by atoms with Gasteiger partial charge in [0, 0.05) is 36.3 Å². The molecule has 132 valence electrons. The summed E-state index contributed by atoms with van der Waals surface area (Å²) < 4.78 is 10.7. The zero-order valence-corrected chi connectivity index (χ0v) is 15.4. The third-order valence-electron chi connectivity index (χ3n) is 3.97. The molecule has 0 spiro atoms. The van der Waals surface area contributed by atoms with Gasteiger partial charge in [-0.05, 0) is 53.9 Å². The van der Waals surface area contributed by atoms with Crippen LogP contribution < -0.4 is 9.46 Å². The van der Waals surface area contributed by atoms with Crippen molar-refractivity contribution in [1.29, 1.82) is 5.26 Å². The molecule has 0 aliphatic heterocycles. The van der Waals surface area contributed by atoms with Crippen molar-refractivity contribution in [1.82, 2.24) is 14.3 Å². The smallest absolute Gasteiger partial charge is 0.118 e. The Hall–Kier alpha value is -2.75. The molecule has 5 nitrogen and oxygen atoms in total. The number of benzene rings is 2. The zero-order chi connectivity index (χ0) is 18.2. The van der Waals surface area contributed by atoms with E-state index in [0.29, 0.717) is 5.56 Å². The van der Waals surface area contributed by atoms with Crippen LogP contribution in [0.1, 0.15) is 16.8 Å². The van der Waals surface area contributed by atoms with Gasteiger partial charge >= 0.3 is 0 Å². The van der Waals surface area contributed by atoms with Crippen LogP contribution in [0.4, 0.5) is 0 Å². The Morgan fingerprint density at radius 2 is 1.92 bits per heavy atom. The summed E-state index contributed by atoms with van der Waals surface area (Å²) >= 11 is 1.61. The molecular formula is C20H20N4OS. The molecule has 6 heteroatoms. The third-order valence-corrected chi connectivity index (χ3v) is 4.82. The van der Waals surface area contributed by atoms with Crippen LogP contribution in [0.15, 0.2) is 66.0 Å². The van der Waals surface area contributed by atoms with Crippen LogP contribution in [0.2, 0.25) is 0 Å². The average molecular weight is 364 g/mol.